The molecule has 1 aromatic heterocycles. The second-order valence-electron chi connectivity index (χ2n) is 9.16. The molecule has 3 heterocycles. The Hall–Kier alpha value is -3.01. The maximum Gasteiger partial charge on any atom is 0.329 e. The van der Waals surface area contributed by atoms with E-state index in [2.05, 4.69) is 28.1 Å². The van der Waals surface area contributed by atoms with E-state index in [-0.39, 0.29) is 18.0 Å². The van der Waals surface area contributed by atoms with Crippen LogP contribution in [0.4, 0.5) is 5.69 Å². The molecule has 2 fully saturated rings. The number of rotatable bonds is 2. The van der Waals surface area contributed by atoms with Crippen molar-refractivity contribution in [3.63, 3.8) is 0 Å². The van der Waals surface area contributed by atoms with E-state index in [0.717, 1.165) is 55.5 Å². The summed E-state index contributed by atoms with van der Waals surface area (Å²) in [5.74, 6) is 5.89. The van der Waals surface area contributed by atoms with Crippen LogP contribution in [0, 0.1) is 17.3 Å². The molecular formula is C24H28N4O3. The highest BCUT2D eigenvalue weighted by Gasteiger charge is 2.36. The maximum atomic E-state index is 13.2. The molecule has 2 aromatic rings. The summed E-state index contributed by atoms with van der Waals surface area (Å²) in [7, 11) is 1.77. The Morgan fingerprint density at radius 1 is 1.03 bits per heavy atom. The molecule has 0 bridgehead atoms. The normalized spacial score (nSPS) is 23.4. The Balaban J connectivity index is 1.48. The molecule has 7 heteroatoms. The lowest BCUT2D eigenvalue weighted by Crippen LogP contribution is -2.44. The number of para-hydroxylation sites is 1. The Bertz CT molecular complexity index is 1160. The third-order valence-electron chi connectivity index (χ3n) is 7.45. The highest BCUT2D eigenvalue weighted by atomic mass is 16.2. The zero-order chi connectivity index (χ0) is 21.6. The number of aryl methyl sites for hydroxylation is 1. The molecular weight excluding hydrogens is 392 g/mol. The van der Waals surface area contributed by atoms with Crippen LogP contribution in [0.25, 0.3) is 11.0 Å². The number of carbonyl (C=O) groups excluding carboxylic acids is 2. The second kappa shape index (κ2) is 7.60. The monoisotopic (exact) mass is 420 g/mol. The molecule has 2 amide bonds. The fourth-order valence-electron chi connectivity index (χ4n) is 5.58. The van der Waals surface area contributed by atoms with Crippen LogP contribution in [0.2, 0.25) is 0 Å². The van der Waals surface area contributed by atoms with E-state index in [1.165, 1.54) is 12.8 Å². The van der Waals surface area contributed by atoms with Crippen LogP contribution in [0.15, 0.2) is 23.0 Å². The van der Waals surface area contributed by atoms with Crippen LogP contribution >= 0.6 is 0 Å². The van der Waals surface area contributed by atoms with Gasteiger partial charge in [0.25, 0.3) is 0 Å². The fraction of sp³-hybridized carbons (Fsp3) is 0.542. The van der Waals surface area contributed by atoms with Crippen LogP contribution in [0.3, 0.4) is 0 Å². The van der Waals surface area contributed by atoms with Crippen molar-refractivity contribution in [2.75, 3.05) is 18.0 Å². The topological polar surface area (TPSA) is 76.3 Å². The minimum atomic E-state index is -0.653. The Labute approximate surface area is 181 Å². The van der Waals surface area contributed by atoms with Crippen molar-refractivity contribution in [2.24, 2.45) is 12.5 Å². The molecule has 0 radical (unpaired) electrons. The number of hydrogen-bond acceptors (Lipinski definition) is 4. The smallest absolute Gasteiger partial charge is 0.329 e. The summed E-state index contributed by atoms with van der Waals surface area (Å²) in [6.45, 7) is 1.91. The summed E-state index contributed by atoms with van der Waals surface area (Å²) in [5, 5.41) is 2.38. The van der Waals surface area contributed by atoms with Gasteiger partial charge < -0.3 is 4.90 Å². The number of hydrogen-bond donors (Lipinski definition) is 1. The van der Waals surface area contributed by atoms with Crippen LogP contribution in [0.1, 0.15) is 57.4 Å². The maximum absolute atomic E-state index is 13.2. The molecule has 31 heavy (non-hydrogen) atoms. The first-order valence-electron chi connectivity index (χ1n) is 11.2. The number of amides is 2. The highest BCUT2D eigenvalue weighted by molar-refractivity contribution is 6.00. The number of anilines is 1. The first kappa shape index (κ1) is 19.9. The molecule has 1 atom stereocenters. The van der Waals surface area contributed by atoms with E-state index >= 15 is 0 Å². The Kier molecular flexibility index (Phi) is 4.88. The Morgan fingerprint density at radius 2 is 1.74 bits per heavy atom. The number of imide groups is 1. The SMILES string of the molecule is Cn1c(=O)n(C2CCC(=O)NC2=O)c2cccc(N3CCC4(CCC#CCC4)CC3)c21. The van der Waals surface area contributed by atoms with Crippen LogP contribution < -0.4 is 15.9 Å². The van der Waals surface area contributed by atoms with E-state index in [1.807, 2.05) is 12.1 Å². The summed E-state index contributed by atoms with van der Waals surface area (Å²) in [6, 6.07) is 5.28. The first-order chi connectivity index (χ1) is 15.0. The van der Waals surface area contributed by atoms with Gasteiger partial charge in [-0.25, -0.2) is 4.79 Å². The van der Waals surface area contributed by atoms with E-state index < -0.39 is 11.9 Å². The minimum absolute atomic E-state index is 0.216. The second-order valence-corrected chi connectivity index (χ2v) is 9.16. The van der Waals surface area contributed by atoms with Gasteiger partial charge in [0.2, 0.25) is 11.8 Å². The lowest BCUT2D eigenvalue weighted by Gasteiger charge is -2.42. The van der Waals surface area contributed by atoms with Gasteiger partial charge in [-0.2, -0.15) is 0 Å². The third kappa shape index (κ3) is 3.34. The largest absolute Gasteiger partial charge is 0.370 e. The molecule has 162 valence electrons. The fourth-order valence-corrected chi connectivity index (χ4v) is 5.58. The average molecular weight is 421 g/mol. The molecule has 1 unspecified atom stereocenters. The number of aromatic nitrogens is 2. The van der Waals surface area contributed by atoms with Gasteiger partial charge in [0.05, 0.1) is 16.7 Å². The molecule has 2 saturated heterocycles. The number of nitrogens with zero attached hydrogens (tertiary/aromatic N) is 3. The number of piperidine rings is 2. The summed E-state index contributed by atoms with van der Waals surface area (Å²) in [4.78, 5) is 39.6. The van der Waals surface area contributed by atoms with Gasteiger partial charge in [0, 0.05) is 39.4 Å². The molecule has 3 aliphatic rings. The Morgan fingerprint density at radius 3 is 2.42 bits per heavy atom. The molecule has 1 spiro atoms. The van der Waals surface area contributed by atoms with Crippen molar-refractivity contribution in [1.82, 2.24) is 14.5 Å². The number of carbonyl (C=O) groups is 2. The van der Waals surface area contributed by atoms with E-state index in [4.69, 9.17) is 0 Å². The molecule has 2 aliphatic heterocycles. The van der Waals surface area contributed by atoms with Gasteiger partial charge >= 0.3 is 5.69 Å². The zero-order valence-corrected chi connectivity index (χ0v) is 17.9. The van der Waals surface area contributed by atoms with Gasteiger partial charge in [0.1, 0.15) is 6.04 Å². The predicted octanol–water partition coefficient (Wildman–Crippen LogP) is 2.48. The van der Waals surface area contributed by atoms with Crippen molar-refractivity contribution in [3.8, 4) is 11.8 Å². The van der Waals surface area contributed by atoms with Crippen molar-refractivity contribution >= 4 is 28.5 Å². The van der Waals surface area contributed by atoms with Gasteiger partial charge in [-0.1, -0.05) is 6.07 Å². The lowest BCUT2D eigenvalue weighted by molar-refractivity contribution is -0.135. The average Bonchev–Trinajstić information content (AvgIpc) is 2.91. The van der Waals surface area contributed by atoms with Crippen molar-refractivity contribution in [2.45, 2.75) is 57.4 Å². The highest BCUT2D eigenvalue weighted by Crippen LogP contribution is 2.43. The standard InChI is InChI=1S/C24H28N4O3/c1-26-21-17(27-15-13-24(14-16-27)11-4-2-3-5-12-24)7-6-8-18(21)28(23(26)31)19-9-10-20(29)25-22(19)30/h6-8,19H,4-5,9-16H2,1H3,(H,25,29,30). The molecule has 1 aromatic carbocycles. The minimum Gasteiger partial charge on any atom is -0.370 e. The van der Waals surface area contributed by atoms with Gasteiger partial charge in [-0.05, 0) is 49.7 Å². The van der Waals surface area contributed by atoms with E-state index in [9.17, 15) is 14.4 Å². The number of imidazole rings is 1. The summed E-state index contributed by atoms with van der Waals surface area (Å²) >= 11 is 0. The van der Waals surface area contributed by atoms with Gasteiger partial charge in [0.15, 0.2) is 0 Å². The number of fused-ring (bicyclic) bond motifs is 1. The third-order valence-corrected chi connectivity index (χ3v) is 7.45. The van der Waals surface area contributed by atoms with E-state index in [1.54, 1.807) is 16.2 Å². The summed E-state index contributed by atoms with van der Waals surface area (Å²) in [5.41, 5.74) is 2.82. The van der Waals surface area contributed by atoms with E-state index in [0.29, 0.717) is 11.8 Å². The molecule has 5 rings (SSSR count). The molecule has 1 N–H and O–H groups in total. The lowest BCUT2D eigenvalue weighted by atomic mass is 9.72. The number of nitrogens with one attached hydrogen (secondary N) is 1. The van der Waals surface area contributed by atoms with Gasteiger partial charge in [-0.3, -0.25) is 24.0 Å². The molecule has 1 aliphatic carbocycles. The van der Waals surface area contributed by atoms with Crippen LogP contribution in [0.5, 0.6) is 0 Å². The molecule has 0 saturated carbocycles. The first-order valence-corrected chi connectivity index (χ1v) is 11.2. The quantitative estimate of drug-likeness (QED) is 0.598. The number of benzene rings is 1. The van der Waals surface area contributed by atoms with Crippen molar-refractivity contribution < 1.29 is 9.59 Å². The van der Waals surface area contributed by atoms with Crippen LogP contribution in [-0.4, -0.2) is 34.0 Å². The zero-order valence-electron chi connectivity index (χ0n) is 17.9. The van der Waals surface area contributed by atoms with Crippen molar-refractivity contribution in [1.29, 1.82) is 0 Å². The predicted molar refractivity (Wildman–Crippen MR) is 119 cm³/mol. The summed E-state index contributed by atoms with van der Waals surface area (Å²) in [6.07, 6.45) is 7.23. The van der Waals surface area contributed by atoms with Crippen molar-refractivity contribution in [3.05, 3.63) is 28.7 Å². The van der Waals surface area contributed by atoms with Crippen LogP contribution in [-0.2, 0) is 16.6 Å². The summed E-state index contributed by atoms with van der Waals surface area (Å²) < 4.78 is 3.22. The molecule has 7 nitrogen and oxygen atoms in total. The van der Waals surface area contributed by atoms with Gasteiger partial charge in [-0.15, -0.1) is 11.8 Å².